The van der Waals surface area contributed by atoms with Gasteiger partial charge in [-0.1, -0.05) is 12.1 Å². The van der Waals surface area contributed by atoms with Gasteiger partial charge in [0.1, 0.15) is 12.7 Å². The average Bonchev–Trinajstić information content (AvgIpc) is 3.14. The first kappa shape index (κ1) is 19.3. The second-order valence-electron chi connectivity index (χ2n) is 7.43. The molecule has 0 saturated carbocycles. The molecule has 0 saturated heterocycles. The summed E-state index contributed by atoms with van der Waals surface area (Å²) in [6.45, 7) is 2.74. The number of aromatic nitrogens is 4. The van der Waals surface area contributed by atoms with Crippen molar-refractivity contribution in [2.75, 3.05) is 26.7 Å². The number of rotatable bonds is 6. The highest BCUT2D eigenvalue weighted by molar-refractivity contribution is 5.69. The van der Waals surface area contributed by atoms with Crippen LogP contribution in [0.3, 0.4) is 0 Å². The summed E-state index contributed by atoms with van der Waals surface area (Å²) in [6, 6.07) is 7.69. The molecule has 0 spiro atoms. The van der Waals surface area contributed by atoms with Crippen LogP contribution < -0.4 is 20.7 Å². The van der Waals surface area contributed by atoms with Gasteiger partial charge in [0.25, 0.3) is 5.56 Å². The van der Waals surface area contributed by atoms with Crippen LogP contribution in [0.5, 0.6) is 11.5 Å². The zero-order valence-electron chi connectivity index (χ0n) is 16.9. The Morgan fingerprint density at radius 3 is 2.72 bits per heavy atom. The Bertz CT molecular complexity index is 1150. The van der Waals surface area contributed by atoms with Crippen LogP contribution >= 0.6 is 0 Å². The van der Waals surface area contributed by atoms with Gasteiger partial charge in [0.15, 0.2) is 22.7 Å². The highest BCUT2D eigenvalue weighted by Crippen LogP contribution is 2.30. The first-order valence-corrected chi connectivity index (χ1v) is 9.63. The van der Waals surface area contributed by atoms with E-state index in [1.165, 1.54) is 11.6 Å². The van der Waals surface area contributed by atoms with Crippen molar-refractivity contribution in [3.05, 3.63) is 51.4 Å². The lowest BCUT2D eigenvalue weighted by atomic mass is 10.2. The highest BCUT2D eigenvalue weighted by atomic mass is 16.6. The maximum absolute atomic E-state index is 12.5. The lowest BCUT2D eigenvalue weighted by molar-refractivity contribution is 0.0650. The molecule has 9 heteroatoms. The average molecular weight is 399 g/mol. The summed E-state index contributed by atoms with van der Waals surface area (Å²) in [4.78, 5) is 31.0. The van der Waals surface area contributed by atoms with Gasteiger partial charge < -0.3 is 18.9 Å². The van der Waals surface area contributed by atoms with Crippen LogP contribution in [0.25, 0.3) is 11.2 Å². The van der Waals surface area contributed by atoms with Gasteiger partial charge in [0.05, 0.1) is 6.33 Å². The van der Waals surface area contributed by atoms with Crippen molar-refractivity contribution in [1.82, 2.24) is 23.6 Å². The molecule has 0 amide bonds. The molecule has 3 heterocycles. The molecular weight excluding hydrogens is 374 g/mol. The summed E-state index contributed by atoms with van der Waals surface area (Å²) in [5.41, 5.74) is 0.180. The third-order valence-corrected chi connectivity index (χ3v) is 5.24. The minimum Gasteiger partial charge on any atom is -0.486 e. The third-order valence-electron chi connectivity index (χ3n) is 5.24. The van der Waals surface area contributed by atoms with Crippen molar-refractivity contribution < 1.29 is 9.47 Å². The first-order valence-electron chi connectivity index (χ1n) is 9.63. The smallest absolute Gasteiger partial charge is 0.332 e. The van der Waals surface area contributed by atoms with E-state index in [2.05, 4.69) is 9.88 Å². The molecule has 1 unspecified atom stereocenters. The standard InChI is InChI=1S/C20H25N5O4/c1-22(11-14-12-28-15-7-4-5-8-16(15)29-14)9-6-10-25-13-21-18-17(25)19(26)24(3)20(27)23(18)2/h4-5,7-8,13-14H,6,9-12H2,1-3H3. The lowest BCUT2D eigenvalue weighted by Crippen LogP contribution is -2.40. The molecule has 154 valence electrons. The minimum absolute atomic E-state index is 0.0224. The zero-order chi connectivity index (χ0) is 20.5. The summed E-state index contributed by atoms with van der Waals surface area (Å²) >= 11 is 0. The second-order valence-corrected chi connectivity index (χ2v) is 7.43. The Kier molecular flexibility index (Phi) is 5.14. The van der Waals surface area contributed by atoms with E-state index in [4.69, 9.17) is 9.47 Å². The quantitative estimate of drug-likeness (QED) is 0.604. The Labute approximate surface area is 167 Å². The predicted molar refractivity (Wildman–Crippen MR) is 109 cm³/mol. The summed E-state index contributed by atoms with van der Waals surface area (Å²) in [7, 11) is 5.15. The van der Waals surface area contributed by atoms with Crippen molar-refractivity contribution in [2.24, 2.45) is 14.1 Å². The van der Waals surface area contributed by atoms with E-state index < -0.39 is 0 Å². The Morgan fingerprint density at radius 1 is 1.17 bits per heavy atom. The van der Waals surface area contributed by atoms with Crippen molar-refractivity contribution in [2.45, 2.75) is 19.1 Å². The number of nitrogens with zero attached hydrogens (tertiary/aromatic N) is 5. The molecule has 9 nitrogen and oxygen atoms in total. The SMILES string of the molecule is CN(CCCn1cnc2c1c(=O)n(C)c(=O)n2C)CC1COc2ccccc2O1. The van der Waals surface area contributed by atoms with Crippen LogP contribution in [0, 0.1) is 0 Å². The molecule has 1 aromatic carbocycles. The Morgan fingerprint density at radius 2 is 1.93 bits per heavy atom. The van der Waals surface area contributed by atoms with E-state index in [0.29, 0.717) is 24.3 Å². The number of benzene rings is 1. The van der Waals surface area contributed by atoms with Crippen molar-refractivity contribution in [1.29, 1.82) is 0 Å². The van der Waals surface area contributed by atoms with Gasteiger partial charge in [-0.3, -0.25) is 13.9 Å². The van der Waals surface area contributed by atoms with Gasteiger partial charge in [-0.15, -0.1) is 0 Å². The van der Waals surface area contributed by atoms with Crippen LogP contribution in [0.2, 0.25) is 0 Å². The fourth-order valence-corrected chi connectivity index (χ4v) is 3.67. The van der Waals surface area contributed by atoms with Crippen LogP contribution in [0.1, 0.15) is 6.42 Å². The molecule has 1 aliphatic heterocycles. The van der Waals surface area contributed by atoms with Crippen LogP contribution in [-0.4, -0.2) is 56.4 Å². The third kappa shape index (κ3) is 3.65. The van der Waals surface area contributed by atoms with E-state index in [9.17, 15) is 9.59 Å². The molecule has 3 aromatic rings. The summed E-state index contributed by atoms with van der Waals surface area (Å²) in [6.07, 6.45) is 2.43. The number of likely N-dealkylation sites (N-methyl/N-ethyl adjacent to an activating group) is 1. The van der Waals surface area contributed by atoms with Gasteiger partial charge >= 0.3 is 5.69 Å². The molecule has 1 atom stereocenters. The highest BCUT2D eigenvalue weighted by Gasteiger charge is 2.22. The van der Waals surface area contributed by atoms with Crippen LogP contribution in [0.15, 0.2) is 40.2 Å². The van der Waals surface area contributed by atoms with Gasteiger partial charge in [-0.25, -0.2) is 9.78 Å². The molecule has 1 aliphatic rings. The fraction of sp³-hybridized carbons (Fsp3) is 0.450. The molecule has 0 radical (unpaired) electrons. The number of para-hydroxylation sites is 2. The minimum atomic E-state index is -0.372. The van der Waals surface area contributed by atoms with Crippen molar-refractivity contribution in [3.63, 3.8) is 0 Å². The summed E-state index contributed by atoms with van der Waals surface area (Å²) in [5.74, 6) is 1.57. The summed E-state index contributed by atoms with van der Waals surface area (Å²) in [5, 5.41) is 0. The molecule has 0 bridgehead atoms. The molecular formula is C20H25N5O4. The maximum Gasteiger partial charge on any atom is 0.332 e. The molecule has 0 fully saturated rings. The van der Waals surface area contributed by atoms with E-state index in [1.54, 1.807) is 13.4 Å². The van der Waals surface area contributed by atoms with Crippen LogP contribution in [0.4, 0.5) is 0 Å². The van der Waals surface area contributed by atoms with E-state index >= 15 is 0 Å². The number of aryl methyl sites for hydroxylation is 2. The maximum atomic E-state index is 12.5. The van der Waals surface area contributed by atoms with Crippen molar-refractivity contribution in [3.8, 4) is 11.5 Å². The van der Waals surface area contributed by atoms with Gasteiger partial charge in [0, 0.05) is 27.2 Å². The van der Waals surface area contributed by atoms with Gasteiger partial charge in [-0.05, 0) is 32.1 Å². The van der Waals surface area contributed by atoms with E-state index in [0.717, 1.165) is 35.6 Å². The normalized spacial score (nSPS) is 15.9. The number of hydrogen-bond acceptors (Lipinski definition) is 6. The zero-order valence-corrected chi connectivity index (χ0v) is 16.9. The van der Waals surface area contributed by atoms with E-state index in [1.807, 2.05) is 35.9 Å². The predicted octanol–water partition coefficient (Wildman–Crippen LogP) is 0.596. The molecule has 0 N–H and O–H groups in total. The molecule has 4 rings (SSSR count). The van der Waals surface area contributed by atoms with Crippen LogP contribution in [-0.2, 0) is 20.6 Å². The number of ether oxygens (including phenoxy) is 2. The number of imidazole rings is 1. The van der Waals surface area contributed by atoms with Gasteiger partial charge in [-0.2, -0.15) is 0 Å². The molecule has 2 aromatic heterocycles. The summed E-state index contributed by atoms with van der Waals surface area (Å²) < 4.78 is 16.1. The second kappa shape index (κ2) is 7.75. The topological polar surface area (TPSA) is 83.5 Å². The van der Waals surface area contributed by atoms with Gasteiger partial charge in [0.2, 0.25) is 0 Å². The van der Waals surface area contributed by atoms with Crippen molar-refractivity contribution >= 4 is 11.2 Å². The van der Waals surface area contributed by atoms with E-state index in [-0.39, 0.29) is 17.4 Å². The number of hydrogen-bond donors (Lipinski definition) is 0. The molecule has 29 heavy (non-hydrogen) atoms. The largest absolute Gasteiger partial charge is 0.486 e. The fourth-order valence-electron chi connectivity index (χ4n) is 3.67. The monoisotopic (exact) mass is 399 g/mol. The molecule has 0 aliphatic carbocycles. The number of fused-ring (bicyclic) bond motifs is 2. The Balaban J connectivity index is 1.36. The Hall–Kier alpha value is -3.07. The lowest BCUT2D eigenvalue weighted by Gasteiger charge is -2.29. The first-order chi connectivity index (χ1) is 14.0.